The van der Waals surface area contributed by atoms with Crippen LogP contribution in [0.15, 0.2) is 42.5 Å². The summed E-state index contributed by atoms with van der Waals surface area (Å²) in [5.41, 5.74) is 3.59. The van der Waals surface area contributed by atoms with E-state index in [9.17, 15) is 14.6 Å². The number of nitrogens with zero attached hydrogens (tertiary/aromatic N) is 2. The maximum atomic E-state index is 13.3. The van der Waals surface area contributed by atoms with Crippen LogP contribution in [0.3, 0.4) is 0 Å². The van der Waals surface area contributed by atoms with Crippen LogP contribution in [0.1, 0.15) is 30.0 Å². The largest absolute Gasteiger partial charge is 0.508 e. The molecule has 1 saturated heterocycles. The zero-order chi connectivity index (χ0) is 20.6. The van der Waals surface area contributed by atoms with Gasteiger partial charge in [-0.1, -0.05) is 25.1 Å². The first-order valence-electron chi connectivity index (χ1n) is 10.5. The van der Waals surface area contributed by atoms with Gasteiger partial charge in [-0.05, 0) is 73.8 Å². The van der Waals surface area contributed by atoms with E-state index >= 15 is 0 Å². The van der Waals surface area contributed by atoms with Crippen molar-refractivity contribution in [2.75, 3.05) is 33.3 Å². The van der Waals surface area contributed by atoms with E-state index in [2.05, 4.69) is 29.8 Å². The van der Waals surface area contributed by atoms with E-state index in [1.807, 2.05) is 18.2 Å². The lowest BCUT2D eigenvalue weighted by atomic mass is 9.61. The first-order valence-corrected chi connectivity index (χ1v) is 10.5. The van der Waals surface area contributed by atoms with E-state index in [4.69, 9.17) is 0 Å². The van der Waals surface area contributed by atoms with E-state index in [1.54, 1.807) is 6.07 Å². The number of likely N-dealkylation sites (N-methyl/N-ethyl adjacent to an activating group) is 1. The van der Waals surface area contributed by atoms with E-state index < -0.39 is 0 Å². The van der Waals surface area contributed by atoms with E-state index in [1.165, 1.54) is 23.3 Å². The average molecular weight is 399 g/mol. The van der Waals surface area contributed by atoms with Crippen LogP contribution in [0.2, 0.25) is 0 Å². The summed E-state index contributed by atoms with van der Waals surface area (Å²) in [6.07, 6.45) is 2.78. The SMILES string of the molecule is CN1CCC2(C)c3cc(O)ccc3C[C@@H]1[C@H]2N(CCO)CCc1ccc(F)cc1. The third-order valence-electron chi connectivity index (χ3n) is 7.09. The Morgan fingerprint density at radius 2 is 1.93 bits per heavy atom. The summed E-state index contributed by atoms with van der Waals surface area (Å²) in [5, 5.41) is 20.0. The third kappa shape index (κ3) is 3.79. The first-order chi connectivity index (χ1) is 13.9. The molecule has 4 rings (SSSR count). The molecule has 1 unspecified atom stereocenters. The van der Waals surface area contributed by atoms with Gasteiger partial charge >= 0.3 is 0 Å². The average Bonchev–Trinajstić information content (AvgIpc) is 2.70. The Morgan fingerprint density at radius 1 is 1.17 bits per heavy atom. The molecular weight excluding hydrogens is 367 g/mol. The van der Waals surface area contributed by atoms with Crippen molar-refractivity contribution in [2.24, 2.45) is 0 Å². The van der Waals surface area contributed by atoms with Gasteiger partial charge in [0, 0.05) is 30.6 Å². The van der Waals surface area contributed by atoms with Crippen molar-refractivity contribution in [3.63, 3.8) is 0 Å². The van der Waals surface area contributed by atoms with Crippen LogP contribution >= 0.6 is 0 Å². The number of phenols is 1. The molecule has 2 bridgehead atoms. The summed E-state index contributed by atoms with van der Waals surface area (Å²) in [6, 6.07) is 13.1. The Hall–Kier alpha value is -1.95. The number of phenolic OH excluding ortho intramolecular Hbond substituents is 1. The quantitative estimate of drug-likeness (QED) is 0.786. The van der Waals surface area contributed by atoms with E-state index in [0.29, 0.717) is 18.3 Å². The lowest BCUT2D eigenvalue weighted by molar-refractivity contribution is -0.0149. The monoisotopic (exact) mass is 398 g/mol. The first kappa shape index (κ1) is 20.3. The summed E-state index contributed by atoms with van der Waals surface area (Å²) in [6.45, 7) is 4.87. The van der Waals surface area contributed by atoms with Crippen molar-refractivity contribution in [3.8, 4) is 5.75 Å². The Labute approximate surface area is 172 Å². The molecule has 2 aromatic carbocycles. The highest BCUT2D eigenvalue weighted by Gasteiger charge is 2.51. The molecule has 29 heavy (non-hydrogen) atoms. The van der Waals surface area contributed by atoms with Crippen molar-refractivity contribution in [2.45, 2.75) is 43.7 Å². The Morgan fingerprint density at radius 3 is 2.66 bits per heavy atom. The highest BCUT2D eigenvalue weighted by molar-refractivity contribution is 5.45. The molecule has 1 fully saturated rings. The number of likely N-dealkylation sites (tertiary alicyclic amines) is 1. The molecule has 4 nitrogen and oxygen atoms in total. The molecule has 0 amide bonds. The van der Waals surface area contributed by atoms with Gasteiger partial charge < -0.3 is 15.1 Å². The van der Waals surface area contributed by atoms with Crippen LogP contribution in [0, 0.1) is 5.82 Å². The number of rotatable bonds is 6. The zero-order valence-electron chi connectivity index (χ0n) is 17.3. The third-order valence-corrected chi connectivity index (χ3v) is 7.09. The predicted molar refractivity (Wildman–Crippen MR) is 113 cm³/mol. The van der Waals surface area contributed by atoms with Crippen molar-refractivity contribution in [3.05, 3.63) is 65.0 Å². The number of halogens is 1. The van der Waals surface area contributed by atoms with Gasteiger partial charge in [-0.2, -0.15) is 0 Å². The number of benzene rings is 2. The van der Waals surface area contributed by atoms with Crippen molar-refractivity contribution in [1.29, 1.82) is 0 Å². The second-order valence-electron chi connectivity index (χ2n) is 8.84. The van der Waals surface area contributed by atoms with Crippen LogP contribution in [0.4, 0.5) is 4.39 Å². The van der Waals surface area contributed by atoms with Gasteiger partial charge in [-0.3, -0.25) is 4.90 Å². The molecular formula is C24H31FN2O2. The van der Waals surface area contributed by atoms with Gasteiger partial charge in [0.05, 0.1) is 6.61 Å². The second kappa shape index (κ2) is 8.05. The standard InChI is InChI=1S/C24H31FN2O2/c1-24-10-12-26(2)22(15-18-5-8-20(29)16-21(18)24)23(24)27(13-14-28)11-9-17-3-6-19(25)7-4-17/h3-8,16,22-23,28-29H,9-15H2,1-2H3/t22-,23-,24?/m1/s1. The maximum Gasteiger partial charge on any atom is 0.123 e. The molecule has 1 aliphatic carbocycles. The zero-order valence-corrected chi connectivity index (χ0v) is 17.3. The molecule has 1 heterocycles. The van der Waals surface area contributed by atoms with Crippen LogP contribution < -0.4 is 0 Å². The molecule has 2 aliphatic rings. The summed E-state index contributed by atoms with van der Waals surface area (Å²) in [4.78, 5) is 4.86. The molecule has 0 spiro atoms. The number of aliphatic hydroxyl groups excluding tert-OH is 1. The molecule has 1 aliphatic heterocycles. The van der Waals surface area contributed by atoms with Crippen LogP contribution in [-0.2, 0) is 18.3 Å². The van der Waals surface area contributed by atoms with E-state index in [0.717, 1.165) is 37.9 Å². The fourth-order valence-corrected chi connectivity index (χ4v) is 5.54. The van der Waals surface area contributed by atoms with Crippen molar-refractivity contribution >= 4 is 0 Å². The Bertz CT molecular complexity index is 856. The molecule has 2 aromatic rings. The van der Waals surface area contributed by atoms with Crippen molar-refractivity contribution < 1.29 is 14.6 Å². The molecule has 156 valence electrons. The Balaban J connectivity index is 1.66. The molecule has 2 N–H and O–H groups in total. The van der Waals surface area contributed by atoms with Crippen LogP contribution in [0.25, 0.3) is 0 Å². The summed E-state index contributed by atoms with van der Waals surface area (Å²) < 4.78 is 13.3. The minimum Gasteiger partial charge on any atom is -0.508 e. The smallest absolute Gasteiger partial charge is 0.123 e. The molecule has 5 heteroatoms. The molecule has 0 saturated carbocycles. The highest BCUT2D eigenvalue weighted by atomic mass is 19.1. The Kier molecular flexibility index (Phi) is 5.65. The number of hydrogen-bond acceptors (Lipinski definition) is 4. The van der Waals surface area contributed by atoms with Crippen molar-refractivity contribution in [1.82, 2.24) is 9.80 Å². The molecule has 3 atom stereocenters. The van der Waals surface area contributed by atoms with E-state index in [-0.39, 0.29) is 23.9 Å². The normalized spacial score (nSPS) is 26.5. The predicted octanol–water partition coefficient (Wildman–Crippen LogP) is 2.95. The van der Waals surface area contributed by atoms with Crippen LogP contribution in [0.5, 0.6) is 5.75 Å². The lowest BCUT2D eigenvalue weighted by Crippen LogP contribution is -2.67. The topological polar surface area (TPSA) is 46.9 Å². The number of aromatic hydroxyl groups is 1. The highest BCUT2D eigenvalue weighted by Crippen LogP contribution is 2.47. The van der Waals surface area contributed by atoms with Gasteiger partial charge in [0.15, 0.2) is 0 Å². The minimum atomic E-state index is -0.215. The molecule has 0 aromatic heterocycles. The minimum absolute atomic E-state index is 0.0819. The fourth-order valence-electron chi connectivity index (χ4n) is 5.54. The van der Waals surface area contributed by atoms with Gasteiger partial charge in [-0.25, -0.2) is 4.39 Å². The fraction of sp³-hybridized carbons (Fsp3) is 0.500. The number of piperidine rings is 1. The summed E-state index contributed by atoms with van der Waals surface area (Å²) >= 11 is 0. The second-order valence-corrected chi connectivity index (χ2v) is 8.84. The van der Waals surface area contributed by atoms with Gasteiger partial charge in [0.1, 0.15) is 11.6 Å². The number of hydrogen-bond donors (Lipinski definition) is 2. The maximum absolute atomic E-state index is 13.3. The number of fused-ring (bicyclic) bond motifs is 4. The number of aliphatic hydroxyl groups is 1. The molecule has 0 radical (unpaired) electrons. The van der Waals surface area contributed by atoms with Gasteiger partial charge in [-0.15, -0.1) is 0 Å². The lowest BCUT2D eigenvalue weighted by Gasteiger charge is -2.58. The van der Waals surface area contributed by atoms with Crippen LogP contribution in [-0.4, -0.2) is 65.4 Å². The summed E-state index contributed by atoms with van der Waals surface area (Å²) in [7, 11) is 2.19. The van der Waals surface area contributed by atoms with Gasteiger partial charge in [0.25, 0.3) is 0 Å². The van der Waals surface area contributed by atoms with Gasteiger partial charge in [0.2, 0.25) is 0 Å². The summed E-state index contributed by atoms with van der Waals surface area (Å²) in [5.74, 6) is 0.106.